The number of benzene rings is 1. The van der Waals surface area contributed by atoms with Gasteiger partial charge in [0.1, 0.15) is 17.9 Å². The second-order valence-electron chi connectivity index (χ2n) is 4.95. The molecule has 1 N–H and O–H groups in total. The number of carbonyl (C=O) groups excluding carboxylic acids is 2. The number of rotatable bonds is 3. The van der Waals surface area contributed by atoms with Gasteiger partial charge in [-0.2, -0.15) is 0 Å². The van der Waals surface area contributed by atoms with Crippen molar-refractivity contribution in [1.82, 2.24) is 5.32 Å². The average molecular weight is 300 g/mol. The lowest BCUT2D eigenvalue weighted by Gasteiger charge is -2.37. The largest absolute Gasteiger partial charge is 0.342 e. The van der Waals surface area contributed by atoms with Crippen LogP contribution in [0.5, 0.6) is 0 Å². The van der Waals surface area contributed by atoms with Crippen LogP contribution >= 0.6 is 0 Å². The van der Waals surface area contributed by atoms with Crippen molar-refractivity contribution < 1.29 is 22.8 Å². The van der Waals surface area contributed by atoms with Crippen molar-refractivity contribution in [3.05, 3.63) is 29.6 Å². The van der Waals surface area contributed by atoms with E-state index in [0.717, 1.165) is 4.90 Å². The van der Waals surface area contributed by atoms with Crippen molar-refractivity contribution in [2.24, 2.45) is 0 Å². The Morgan fingerprint density at radius 1 is 1.24 bits per heavy atom. The maximum Gasteiger partial charge on any atom is 0.250 e. The highest BCUT2D eigenvalue weighted by molar-refractivity contribution is 6.08. The van der Waals surface area contributed by atoms with Gasteiger partial charge in [0.05, 0.1) is 5.69 Å². The first-order chi connectivity index (χ1) is 9.86. The summed E-state index contributed by atoms with van der Waals surface area (Å²) in [5.41, 5.74) is -0.555. The number of amides is 2. The summed E-state index contributed by atoms with van der Waals surface area (Å²) in [6.45, 7) is 3.20. The number of nitrogens with one attached hydrogen (secondary N) is 1. The van der Waals surface area contributed by atoms with Gasteiger partial charge in [-0.3, -0.25) is 14.5 Å². The number of halogens is 3. The molecular formula is C14H15F3N2O2. The van der Waals surface area contributed by atoms with Crippen molar-refractivity contribution in [2.45, 2.75) is 38.8 Å². The Morgan fingerprint density at radius 3 is 2.52 bits per heavy atom. The number of piperazine rings is 1. The molecule has 0 aromatic heterocycles. The molecule has 21 heavy (non-hydrogen) atoms. The first-order valence-corrected chi connectivity index (χ1v) is 6.64. The summed E-state index contributed by atoms with van der Waals surface area (Å²) in [5.74, 6) is -4.82. The molecule has 1 aromatic rings. The van der Waals surface area contributed by atoms with Crippen LogP contribution in [0.15, 0.2) is 12.1 Å². The third-order valence-electron chi connectivity index (χ3n) is 3.43. The first-order valence-electron chi connectivity index (χ1n) is 6.64. The smallest absolute Gasteiger partial charge is 0.250 e. The second kappa shape index (κ2) is 5.75. The Labute approximate surface area is 119 Å². The number of nitrogens with zero attached hydrogens (tertiary/aromatic N) is 1. The van der Waals surface area contributed by atoms with Crippen LogP contribution in [0.3, 0.4) is 0 Å². The highest BCUT2D eigenvalue weighted by Crippen LogP contribution is 2.28. The Bertz CT molecular complexity index is 592. The molecule has 2 unspecified atom stereocenters. The average Bonchev–Trinajstić information content (AvgIpc) is 2.41. The van der Waals surface area contributed by atoms with E-state index in [0.29, 0.717) is 25.0 Å². The lowest BCUT2D eigenvalue weighted by atomic mass is 10.0. The zero-order chi connectivity index (χ0) is 15.7. The topological polar surface area (TPSA) is 49.4 Å². The molecule has 1 aliphatic rings. The van der Waals surface area contributed by atoms with Gasteiger partial charge in [-0.05, 0) is 13.3 Å². The van der Waals surface area contributed by atoms with E-state index < -0.39 is 47.0 Å². The highest BCUT2D eigenvalue weighted by atomic mass is 19.2. The van der Waals surface area contributed by atoms with Crippen LogP contribution in [-0.4, -0.2) is 23.9 Å². The van der Waals surface area contributed by atoms with E-state index in [1.807, 2.05) is 6.92 Å². The van der Waals surface area contributed by atoms with Gasteiger partial charge in [-0.25, -0.2) is 13.2 Å². The molecule has 114 valence electrons. The Hall–Kier alpha value is -2.05. The minimum absolute atomic E-state index is 0.368. The molecule has 2 rings (SSSR count). The molecule has 0 bridgehead atoms. The van der Waals surface area contributed by atoms with Gasteiger partial charge in [-0.15, -0.1) is 0 Å². The Kier molecular flexibility index (Phi) is 4.20. The quantitative estimate of drug-likeness (QED) is 0.869. The molecule has 1 saturated heterocycles. The molecule has 0 saturated carbocycles. The normalized spacial score (nSPS) is 22.4. The molecule has 1 aliphatic heterocycles. The van der Waals surface area contributed by atoms with Crippen LogP contribution in [0.1, 0.15) is 26.7 Å². The number of anilines is 1. The lowest BCUT2D eigenvalue weighted by molar-refractivity contribution is -0.133. The van der Waals surface area contributed by atoms with Crippen molar-refractivity contribution in [3.63, 3.8) is 0 Å². The van der Waals surface area contributed by atoms with E-state index in [9.17, 15) is 22.8 Å². The van der Waals surface area contributed by atoms with E-state index >= 15 is 0 Å². The summed E-state index contributed by atoms with van der Waals surface area (Å²) >= 11 is 0. The molecular weight excluding hydrogens is 285 g/mol. The predicted octanol–water partition coefficient (Wildman–Crippen LogP) is 2.12. The monoisotopic (exact) mass is 300 g/mol. The summed E-state index contributed by atoms with van der Waals surface area (Å²) in [6.07, 6.45) is 0.992. The summed E-state index contributed by atoms with van der Waals surface area (Å²) in [4.78, 5) is 25.0. The SMILES string of the molecule is CCCC1NC(=O)C(C)N(c2cc(F)cc(F)c2F)C1=O. The summed E-state index contributed by atoms with van der Waals surface area (Å²) in [5, 5.41) is 2.53. The summed E-state index contributed by atoms with van der Waals surface area (Å²) < 4.78 is 40.5. The molecule has 1 heterocycles. The molecule has 7 heteroatoms. The molecule has 4 nitrogen and oxygen atoms in total. The van der Waals surface area contributed by atoms with Gasteiger partial charge < -0.3 is 5.32 Å². The van der Waals surface area contributed by atoms with Crippen molar-refractivity contribution in [3.8, 4) is 0 Å². The Morgan fingerprint density at radius 2 is 1.90 bits per heavy atom. The molecule has 1 aromatic carbocycles. The van der Waals surface area contributed by atoms with Gasteiger partial charge in [0.25, 0.3) is 0 Å². The van der Waals surface area contributed by atoms with E-state index in [4.69, 9.17) is 0 Å². The number of hydrogen-bond donors (Lipinski definition) is 1. The van der Waals surface area contributed by atoms with Crippen LogP contribution in [0.25, 0.3) is 0 Å². The van der Waals surface area contributed by atoms with E-state index in [1.54, 1.807) is 0 Å². The fraction of sp³-hybridized carbons (Fsp3) is 0.429. The van der Waals surface area contributed by atoms with E-state index in [-0.39, 0.29) is 0 Å². The fourth-order valence-electron chi connectivity index (χ4n) is 2.36. The predicted molar refractivity (Wildman–Crippen MR) is 70.1 cm³/mol. The van der Waals surface area contributed by atoms with Crippen molar-refractivity contribution in [1.29, 1.82) is 0 Å². The van der Waals surface area contributed by atoms with Crippen molar-refractivity contribution >= 4 is 17.5 Å². The van der Waals surface area contributed by atoms with Crippen LogP contribution < -0.4 is 10.2 Å². The first kappa shape index (κ1) is 15.3. The van der Waals surface area contributed by atoms with E-state index in [1.165, 1.54) is 6.92 Å². The highest BCUT2D eigenvalue weighted by Gasteiger charge is 2.40. The number of hydrogen-bond acceptors (Lipinski definition) is 2. The molecule has 2 amide bonds. The molecule has 0 radical (unpaired) electrons. The molecule has 2 atom stereocenters. The number of carbonyl (C=O) groups is 2. The van der Waals surface area contributed by atoms with Gasteiger partial charge in [0.15, 0.2) is 11.6 Å². The summed E-state index contributed by atoms with van der Waals surface area (Å²) in [6, 6.07) is -0.749. The van der Waals surface area contributed by atoms with Crippen LogP contribution in [0, 0.1) is 17.5 Å². The van der Waals surface area contributed by atoms with Gasteiger partial charge in [-0.1, -0.05) is 13.3 Å². The minimum Gasteiger partial charge on any atom is -0.342 e. The van der Waals surface area contributed by atoms with Crippen LogP contribution in [-0.2, 0) is 9.59 Å². The van der Waals surface area contributed by atoms with Crippen LogP contribution in [0.2, 0.25) is 0 Å². The van der Waals surface area contributed by atoms with Gasteiger partial charge in [0.2, 0.25) is 11.8 Å². The zero-order valence-corrected chi connectivity index (χ0v) is 11.6. The fourth-order valence-corrected chi connectivity index (χ4v) is 2.36. The minimum atomic E-state index is -1.40. The van der Waals surface area contributed by atoms with Gasteiger partial charge >= 0.3 is 0 Å². The van der Waals surface area contributed by atoms with Gasteiger partial charge in [0, 0.05) is 12.1 Å². The summed E-state index contributed by atoms with van der Waals surface area (Å²) in [7, 11) is 0. The second-order valence-corrected chi connectivity index (χ2v) is 4.95. The van der Waals surface area contributed by atoms with E-state index in [2.05, 4.69) is 5.32 Å². The van der Waals surface area contributed by atoms with Crippen LogP contribution in [0.4, 0.5) is 18.9 Å². The molecule has 0 spiro atoms. The Balaban J connectivity index is 2.49. The lowest BCUT2D eigenvalue weighted by Crippen LogP contribution is -2.62. The maximum atomic E-state index is 13.9. The molecule has 1 fully saturated rings. The molecule has 0 aliphatic carbocycles. The third kappa shape index (κ3) is 2.72. The standard InChI is InChI=1S/C14H15F3N2O2/c1-3-4-10-14(21)19(7(2)13(20)18-10)11-6-8(15)5-9(16)12(11)17/h5-7,10H,3-4H2,1-2H3,(H,18,20). The zero-order valence-electron chi connectivity index (χ0n) is 11.6. The maximum absolute atomic E-state index is 13.9. The van der Waals surface area contributed by atoms with Crippen molar-refractivity contribution in [2.75, 3.05) is 4.90 Å². The third-order valence-corrected chi connectivity index (χ3v) is 3.43.